The van der Waals surface area contributed by atoms with Gasteiger partial charge in [0.05, 0.1) is 18.0 Å². The lowest BCUT2D eigenvalue weighted by Gasteiger charge is -2.17. The number of rotatable bonds is 9. The molecule has 10 heteroatoms. The maximum absolute atomic E-state index is 12.5. The molecule has 0 bridgehead atoms. The van der Waals surface area contributed by atoms with Gasteiger partial charge in [-0.1, -0.05) is 33.6 Å². The van der Waals surface area contributed by atoms with Crippen LogP contribution in [0.5, 0.6) is 5.75 Å². The zero-order valence-electron chi connectivity index (χ0n) is 16.7. The van der Waals surface area contributed by atoms with Crippen LogP contribution in [0.4, 0.5) is 0 Å². The van der Waals surface area contributed by atoms with E-state index in [1.165, 1.54) is 19.2 Å². The number of carbonyl (C=O) groups excluding carboxylic acids is 2. The van der Waals surface area contributed by atoms with Crippen molar-refractivity contribution in [2.24, 2.45) is 0 Å². The first-order valence-electron chi connectivity index (χ1n) is 9.17. The van der Waals surface area contributed by atoms with Crippen LogP contribution in [-0.4, -0.2) is 44.7 Å². The van der Waals surface area contributed by atoms with Gasteiger partial charge in [0.1, 0.15) is 5.75 Å². The van der Waals surface area contributed by atoms with Crippen LogP contribution in [0.15, 0.2) is 57.9 Å². The fraction of sp³-hybridized carbons (Fsp3) is 0.300. The molecule has 0 aliphatic carbocycles. The summed E-state index contributed by atoms with van der Waals surface area (Å²) in [6.45, 7) is 1.77. The highest BCUT2D eigenvalue weighted by Gasteiger charge is 2.22. The summed E-state index contributed by atoms with van der Waals surface area (Å²) < 4.78 is 32.3. The molecule has 0 aromatic heterocycles. The Labute approximate surface area is 184 Å². The number of hydrazine groups is 1. The minimum absolute atomic E-state index is 0.0956. The van der Waals surface area contributed by atoms with Crippen LogP contribution >= 0.6 is 15.9 Å². The number of halogens is 1. The molecule has 2 aromatic rings. The minimum Gasteiger partial charge on any atom is -0.494 e. The molecule has 0 heterocycles. The third-order valence-corrected chi connectivity index (χ3v) is 6.41. The number of ether oxygens (including phenoxy) is 1. The molecule has 0 saturated heterocycles. The molecule has 2 rings (SSSR count). The quantitative estimate of drug-likeness (QED) is 0.408. The molecular formula is C20H24BrN3O5S. The molecule has 2 aromatic carbocycles. The molecule has 8 nitrogen and oxygen atoms in total. The van der Waals surface area contributed by atoms with Crippen LogP contribution in [0, 0.1) is 6.92 Å². The first kappa shape index (κ1) is 23.8. The van der Waals surface area contributed by atoms with E-state index in [1.807, 2.05) is 31.2 Å². The maximum atomic E-state index is 12.5. The van der Waals surface area contributed by atoms with E-state index in [-0.39, 0.29) is 11.3 Å². The van der Waals surface area contributed by atoms with E-state index in [2.05, 4.69) is 26.8 Å². The van der Waals surface area contributed by atoms with Gasteiger partial charge in [-0.05, 0) is 49.7 Å². The van der Waals surface area contributed by atoms with Gasteiger partial charge in [-0.25, -0.2) is 8.42 Å². The van der Waals surface area contributed by atoms with Gasteiger partial charge in [0.2, 0.25) is 15.9 Å². The highest BCUT2D eigenvalue weighted by Crippen LogP contribution is 2.16. The lowest BCUT2D eigenvalue weighted by Crippen LogP contribution is -2.46. The van der Waals surface area contributed by atoms with Crippen molar-refractivity contribution in [2.75, 3.05) is 20.2 Å². The van der Waals surface area contributed by atoms with Crippen molar-refractivity contribution in [2.45, 2.75) is 24.7 Å². The molecule has 2 amide bonds. The molecular weight excluding hydrogens is 474 g/mol. The van der Waals surface area contributed by atoms with Crippen LogP contribution in [0.3, 0.4) is 0 Å². The third-order valence-electron chi connectivity index (χ3n) is 4.07. The number of hydrogen-bond acceptors (Lipinski definition) is 5. The van der Waals surface area contributed by atoms with Gasteiger partial charge in [-0.2, -0.15) is 4.31 Å². The fourth-order valence-electron chi connectivity index (χ4n) is 2.37. The van der Waals surface area contributed by atoms with Gasteiger partial charge in [0.15, 0.2) is 0 Å². The van der Waals surface area contributed by atoms with Gasteiger partial charge in [-0.3, -0.25) is 20.4 Å². The predicted molar refractivity (Wildman–Crippen MR) is 116 cm³/mol. The van der Waals surface area contributed by atoms with Crippen molar-refractivity contribution in [1.82, 2.24) is 15.2 Å². The Kier molecular flexibility index (Phi) is 8.82. The molecule has 0 aliphatic rings. The zero-order chi connectivity index (χ0) is 22.1. The molecule has 30 heavy (non-hydrogen) atoms. The highest BCUT2D eigenvalue weighted by molar-refractivity contribution is 9.10. The molecule has 0 saturated carbocycles. The molecule has 162 valence electrons. The van der Waals surface area contributed by atoms with Crippen molar-refractivity contribution in [3.63, 3.8) is 0 Å². The summed E-state index contributed by atoms with van der Waals surface area (Å²) in [5, 5.41) is 0. The molecule has 0 spiro atoms. The molecule has 2 N–H and O–H groups in total. The standard InChI is InChI=1S/C20H24BrN3O5S/c1-15-5-11-18(12-6-15)30(27,28)24(2)14-20(26)23-22-19(25)4-3-13-29-17-9-7-16(21)8-10-17/h5-12H,3-4,13-14H2,1-2H3,(H,22,25)(H,23,26). The van der Waals surface area contributed by atoms with Crippen molar-refractivity contribution >= 4 is 37.8 Å². The Morgan fingerprint density at radius 1 is 1.00 bits per heavy atom. The van der Waals surface area contributed by atoms with Crippen LogP contribution in [0.1, 0.15) is 18.4 Å². The summed E-state index contributed by atoms with van der Waals surface area (Å²) >= 11 is 3.34. The molecule has 0 atom stereocenters. The SMILES string of the molecule is Cc1ccc(S(=O)(=O)N(C)CC(=O)NNC(=O)CCCOc2ccc(Br)cc2)cc1. The van der Waals surface area contributed by atoms with Crippen molar-refractivity contribution in [3.8, 4) is 5.75 Å². The monoisotopic (exact) mass is 497 g/mol. The summed E-state index contributed by atoms with van der Waals surface area (Å²) in [5.41, 5.74) is 5.42. The second-order valence-corrected chi connectivity index (χ2v) is 9.54. The molecule has 0 radical (unpaired) electrons. The lowest BCUT2D eigenvalue weighted by atomic mass is 10.2. The summed E-state index contributed by atoms with van der Waals surface area (Å²) in [6.07, 6.45) is 0.605. The van der Waals surface area contributed by atoms with Gasteiger partial charge in [0, 0.05) is 17.9 Å². The van der Waals surface area contributed by atoms with E-state index in [9.17, 15) is 18.0 Å². The van der Waals surface area contributed by atoms with Crippen LogP contribution in [0.25, 0.3) is 0 Å². The Morgan fingerprint density at radius 3 is 2.23 bits per heavy atom. The number of nitrogens with one attached hydrogen (secondary N) is 2. The van der Waals surface area contributed by atoms with Gasteiger partial charge >= 0.3 is 0 Å². The summed E-state index contributed by atoms with van der Waals surface area (Å²) in [4.78, 5) is 23.9. The first-order valence-corrected chi connectivity index (χ1v) is 11.4. The van der Waals surface area contributed by atoms with Gasteiger partial charge in [0.25, 0.3) is 5.91 Å². The van der Waals surface area contributed by atoms with Crippen LogP contribution < -0.4 is 15.6 Å². The molecule has 0 fully saturated rings. The normalized spacial score (nSPS) is 11.2. The topological polar surface area (TPSA) is 105 Å². The molecule has 0 unspecified atom stereocenters. The maximum Gasteiger partial charge on any atom is 0.253 e. The van der Waals surface area contributed by atoms with Crippen molar-refractivity contribution in [1.29, 1.82) is 0 Å². The van der Waals surface area contributed by atoms with Gasteiger partial charge in [-0.15, -0.1) is 0 Å². The number of amides is 2. The minimum atomic E-state index is -3.80. The summed E-state index contributed by atoms with van der Waals surface area (Å²) in [5.74, 6) is -0.343. The van der Waals surface area contributed by atoms with Crippen molar-refractivity contribution in [3.05, 3.63) is 58.6 Å². The third kappa shape index (κ3) is 7.43. The van der Waals surface area contributed by atoms with Crippen LogP contribution in [-0.2, 0) is 19.6 Å². The number of benzene rings is 2. The second-order valence-electron chi connectivity index (χ2n) is 6.58. The number of likely N-dealkylation sites (N-methyl/N-ethyl adjacent to an activating group) is 1. The average Bonchev–Trinajstić information content (AvgIpc) is 2.71. The smallest absolute Gasteiger partial charge is 0.253 e. The number of aryl methyl sites for hydroxylation is 1. The number of sulfonamides is 1. The number of nitrogens with zero attached hydrogens (tertiary/aromatic N) is 1. The fourth-order valence-corrected chi connectivity index (χ4v) is 3.76. The van der Waals surface area contributed by atoms with E-state index >= 15 is 0 Å². The van der Waals surface area contributed by atoms with E-state index in [0.717, 1.165) is 14.3 Å². The van der Waals surface area contributed by atoms with E-state index < -0.39 is 28.4 Å². The lowest BCUT2D eigenvalue weighted by molar-refractivity contribution is -0.129. The Morgan fingerprint density at radius 2 is 1.60 bits per heavy atom. The summed E-state index contributed by atoms with van der Waals surface area (Å²) in [6, 6.07) is 13.7. The van der Waals surface area contributed by atoms with Crippen molar-refractivity contribution < 1.29 is 22.7 Å². The number of carbonyl (C=O) groups is 2. The summed E-state index contributed by atoms with van der Waals surface area (Å²) in [7, 11) is -2.49. The van der Waals surface area contributed by atoms with Gasteiger partial charge < -0.3 is 4.74 Å². The zero-order valence-corrected chi connectivity index (χ0v) is 19.1. The largest absolute Gasteiger partial charge is 0.494 e. The van der Waals surface area contributed by atoms with E-state index in [1.54, 1.807) is 12.1 Å². The van der Waals surface area contributed by atoms with Crippen LogP contribution in [0.2, 0.25) is 0 Å². The Hall–Kier alpha value is -2.43. The highest BCUT2D eigenvalue weighted by atomic mass is 79.9. The number of hydrogen-bond donors (Lipinski definition) is 2. The Bertz CT molecular complexity index is 963. The molecule has 0 aliphatic heterocycles. The Balaban J connectivity index is 1.69. The second kappa shape index (κ2) is 11.1. The predicted octanol–water partition coefficient (Wildman–Crippen LogP) is 2.38. The van der Waals surface area contributed by atoms with E-state index in [4.69, 9.17) is 4.74 Å². The first-order chi connectivity index (χ1) is 14.2. The van der Waals surface area contributed by atoms with E-state index in [0.29, 0.717) is 18.8 Å². The average molecular weight is 498 g/mol.